The molecule has 1 saturated carbocycles. The fourth-order valence-corrected chi connectivity index (χ4v) is 4.26. The number of hydrogen-bond donors (Lipinski definition) is 1. The molecule has 2 N–H and O–H groups in total. The molecule has 3 aliphatic rings. The molecule has 1 aliphatic carbocycles. The van der Waals surface area contributed by atoms with Crippen molar-refractivity contribution in [3.05, 3.63) is 0 Å². The Kier molecular flexibility index (Phi) is 4.61. The number of fused-ring (bicyclic) bond motifs is 1. The van der Waals surface area contributed by atoms with Gasteiger partial charge < -0.3 is 10.6 Å². The van der Waals surface area contributed by atoms with Crippen LogP contribution in [0.15, 0.2) is 0 Å². The number of carbonyl (C=O) groups excluding carboxylic acids is 1. The van der Waals surface area contributed by atoms with Crippen LogP contribution < -0.4 is 5.73 Å². The molecule has 2 aliphatic heterocycles. The van der Waals surface area contributed by atoms with Gasteiger partial charge in [0.2, 0.25) is 5.91 Å². The summed E-state index contributed by atoms with van der Waals surface area (Å²) in [6.45, 7) is 5.06. The van der Waals surface area contributed by atoms with Crippen LogP contribution in [-0.2, 0) is 4.79 Å². The Labute approximate surface area is 122 Å². The average Bonchev–Trinajstić information content (AvgIpc) is 2.54. The van der Waals surface area contributed by atoms with E-state index in [0.717, 1.165) is 51.9 Å². The second-order valence-electron chi connectivity index (χ2n) is 6.92. The van der Waals surface area contributed by atoms with Crippen molar-refractivity contribution in [3.63, 3.8) is 0 Å². The van der Waals surface area contributed by atoms with Crippen LogP contribution in [0.3, 0.4) is 0 Å². The summed E-state index contributed by atoms with van der Waals surface area (Å²) >= 11 is 0. The van der Waals surface area contributed by atoms with Gasteiger partial charge in [-0.05, 0) is 57.5 Å². The third kappa shape index (κ3) is 3.01. The predicted octanol–water partition coefficient (Wildman–Crippen LogP) is 1.45. The lowest BCUT2D eigenvalue weighted by atomic mass is 9.81. The zero-order valence-corrected chi connectivity index (χ0v) is 12.6. The summed E-state index contributed by atoms with van der Waals surface area (Å²) in [6.07, 6.45) is 8.38. The monoisotopic (exact) mass is 279 g/mol. The highest BCUT2D eigenvalue weighted by molar-refractivity contribution is 5.79. The van der Waals surface area contributed by atoms with Crippen molar-refractivity contribution in [1.82, 2.24) is 9.80 Å². The van der Waals surface area contributed by atoms with Crippen LogP contribution in [-0.4, -0.2) is 54.5 Å². The number of nitrogens with two attached hydrogens (primary N) is 1. The van der Waals surface area contributed by atoms with Gasteiger partial charge in [-0.2, -0.15) is 0 Å². The van der Waals surface area contributed by atoms with E-state index in [1.165, 1.54) is 25.8 Å². The summed E-state index contributed by atoms with van der Waals surface area (Å²) in [5.41, 5.74) is 5.74. The van der Waals surface area contributed by atoms with E-state index in [1.54, 1.807) is 0 Å². The maximum Gasteiger partial charge on any atom is 0.225 e. The number of amides is 1. The van der Waals surface area contributed by atoms with Crippen LogP contribution in [0.1, 0.15) is 44.9 Å². The molecule has 3 rings (SSSR count). The van der Waals surface area contributed by atoms with Gasteiger partial charge in [-0.1, -0.05) is 6.42 Å². The molecule has 2 saturated heterocycles. The molecule has 4 nitrogen and oxygen atoms in total. The quantitative estimate of drug-likeness (QED) is 0.832. The number of piperidine rings is 1. The summed E-state index contributed by atoms with van der Waals surface area (Å²) in [5.74, 6) is 1.38. The molecule has 0 bridgehead atoms. The lowest BCUT2D eigenvalue weighted by molar-refractivity contribution is -0.140. The maximum absolute atomic E-state index is 12.7. The molecule has 3 fully saturated rings. The van der Waals surface area contributed by atoms with Gasteiger partial charge in [0.05, 0.1) is 0 Å². The molecule has 0 aromatic heterocycles. The molecule has 2 heterocycles. The van der Waals surface area contributed by atoms with E-state index in [2.05, 4.69) is 9.80 Å². The third-order valence-electron chi connectivity index (χ3n) is 5.68. The first-order valence-electron chi connectivity index (χ1n) is 8.51. The van der Waals surface area contributed by atoms with Crippen LogP contribution in [0.4, 0.5) is 0 Å². The fourth-order valence-electron chi connectivity index (χ4n) is 4.26. The Morgan fingerprint density at radius 1 is 1.00 bits per heavy atom. The minimum absolute atomic E-state index is 0.285. The first-order valence-corrected chi connectivity index (χ1v) is 8.51. The maximum atomic E-state index is 12.7. The number of carbonyl (C=O) groups is 1. The number of hydrogen-bond acceptors (Lipinski definition) is 3. The van der Waals surface area contributed by atoms with Crippen LogP contribution in [0.2, 0.25) is 0 Å². The Balaban J connectivity index is 1.52. The summed E-state index contributed by atoms with van der Waals surface area (Å²) in [4.78, 5) is 17.5. The van der Waals surface area contributed by atoms with E-state index >= 15 is 0 Å². The molecule has 0 spiro atoms. The van der Waals surface area contributed by atoms with E-state index in [-0.39, 0.29) is 5.92 Å². The van der Waals surface area contributed by atoms with Gasteiger partial charge in [-0.15, -0.1) is 0 Å². The lowest BCUT2D eigenvalue weighted by Crippen LogP contribution is -2.57. The van der Waals surface area contributed by atoms with Crippen molar-refractivity contribution in [3.8, 4) is 0 Å². The molecular weight excluding hydrogens is 250 g/mol. The topological polar surface area (TPSA) is 49.6 Å². The van der Waals surface area contributed by atoms with Gasteiger partial charge in [0.1, 0.15) is 0 Å². The van der Waals surface area contributed by atoms with Crippen molar-refractivity contribution < 1.29 is 4.79 Å². The summed E-state index contributed by atoms with van der Waals surface area (Å²) in [7, 11) is 0. The Morgan fingerprint density at radius 3 is 2.55 bits per heavy atom. The van der Waals surface area contributed by atoms with Gasteiger partial charge >= 0.3 is 0 Å². The van der Waals surface area contributed by atoms with E-state index < -0.39 is 0 Å². The van der Waals surface area contributed by atoms with Crippen molar-refractivity contribution in [2.24, 2.45) is 17.6 Å². The largest absolute Gasteiger partial charge is 0.340 e. The van der Waals surface area contributed by atoms with Gasteiger partial charge in [-0.3, -0.25) is 9.69 Å². The highest BCUT2D eigenvalue weighted by Gasteiger charge is 2.34. The fraction of sp³-hybridized carbons (Fsp3) is 0.938. The van der Waals surface area contributed by atoms with Gasteiger partial charge in [0.15, 0.2) is 0 Å². The molecular formula is C16H29N3O. The summed E-state index contributed by atoms with van der Waals surface area (Å²) in [5, 5.41) is 0. The SMILES string of the molecule is NCC1CCC(C(=O)N2CCN3CCCCC3C2)CC1. The van der Waals surface area contributed by atoms with Crippen LogP contribution >= 0.6 is 0 Å². The number of piperazine rings is 1. The molecule has 1 unspecified atom stereocenters. The Bertz CT molecular complexity index is 339. The standard InChI is InChI=1S/C16H29N3O/c17-11-13-4-6-14(7-5-13)16(20)19-10-9-18-8-2-1-3-15(18)12-19/h13-15H,1-12,17H2. The lowest BCUT2D eigenvalue weighted by Gasteiger charge is -2.45. The van der Waals surface area contributed by atoms with E-state index in [1.807, 2.05) is 0 Å². The van der Waals surface area contributed by atoms with Crippen molar-refractivity contribution >= 4 is 5.91 Å². The van der Waals surface area contributed by atoms with Crippen LogP contribution in [0, 0.1) is 11.8 Å². The van der Waals surface area contributed by atoms with Crippen LogP contribution in [0.25, 0.3) is 0 Å². The molecule has 0 aromatic rings. The molecule has 0 aromatic carbocycles. The zero-order valence-electron chi connectivity index (χ0n) is 12.6. The van der Waals surface area contributed by atoms with Crippen molar-refractivity contribution in [2.75, 3.05) is 32.7 Å². The number of rotatable bonds is 2. The second-order valence-corrected chi connectivity index (χ2v) is 6.92. The van der Waals surface area contributed by atoms with E-state index in [4.69, 9.17) is 5.73 Å². The summed E-state index contributed by atoms with van der Waals surface area (Å²) in [6, 6.07) is 0.641. The third-order valence-corrected chi connectivity index (χ3v) is 5.68. The average molecular weight is 279 g/mol. The van der Waals surface area contributed by atoms with Crippen molar-refractivity contribution in [1.29, 1.82) is 0 Å². The van der Waals surface area contributed by atoms with Gasteiger partial charge in [-0.25, -0.2) is 0 Å². The molecule has 20 heavy (non-hydrogen) atoms. The predicted molar refractivity (Wildman–Crippen MR) is 80.3 cm³/mol. The number of nitrogens with zero attached hydrogens (tertiary/aromatic N) is 2. The van der Waals surface area contributed by atoms with Crippen LogP contribution in [0.5, 0.6) is 0 Å². The highest BCUT2D eigenvalue weighted by Crippen LogP contribution is 2.30. The molecule has 1 amide bonds. The highest BCUT2D eigenvalue weighted by atomic mass is 16.2. The Morgan fingerprint density at radius 2 is 1.80 bits per heavy atom. The first-order chi connectivity index (χ1) is 9.78. The second kappa shape index (κ2) is 6.44. The van der Waals surface area contributed by atoms with Crippen molar-refractivity contribution in [2.45, 2.75) is 51.0 Å². The minimum Gasteiger partial charge on any atom is -0.340 e. The molecule has 4 heteroatoms. The van der Waals surface area contributed by atoms with E-state index in [9.17, 15) is 4.79 Å². The molecule has 114 valence electrons. The normalized spacial score (nSPS) is 35.6. The van der Waals surface area contributed by atoms with E-state index in [0.29, 0.717) is 17.9 Å². The van der Waals surface area contributed by atoms with Gasteiger partial charge in [0, 0.05) is 31.6 Å². The molecule has 1 atom stereocenters. The van der Waals surface area contributed by atoms with Gasteiger partial charge in [0.25, 0.3) is 0 Å². The summed E-state index contributed by atoms with van der Waals surface area (Å²) < 4.78 is 0. The molecule has 0 radical (unpaired) electrons. The first kappa shape index (κ1) is 14.3. The smallest absolute Gasteiger partial charge is 0.225 e. The Hall–Kier alpha value is -0.610. The zero-order chi connectivity index (χ0) is 13.9. The minimum atomic E-state index is 0.285.